The smallest absolute Gasteiger partial charge is 0.242 e. The van der Waals surface area contributed by atoms with Crippen molar-refractivity contribution in [3.8, 4) is 0 Å². The van der Waals surface area contributed by atoms with E-state index in [2.05, 4.69) is 5.16 Å². The lowest BCUT2D eigenvalue weighted by Crippen LogP contribution is -2.53. The molecule has 6 heteroatoms. The van der Waals surface area contributed by atoms with Gasteiger partial charge in [-0.2, -0.15) is 0 Å². The molecule has 2 atom stereocenters. The van der Waals surface area contributed by atoms with Gasteiger partial charge in [-0.05, 0) is 19.8 Å². The van der Waals surface area contributed by atoms with Gasteiger partial charge in [0.15, 0.2) is 0 Å². The standard InChI is InChI=1S/C15H23N3O3/c1-10-6-12(21-17-10)7-11-8-18(9-13(11)19)14(20)15(16)4-2-3-5-15/h6,11,13,19H,2-5,7-9,16H2,1H3/t11-,13-/m1/s1. The van der Waals surface area contributed by atoms with Crippen LogP contribution < -0.4 is 5.73 Å². The lowest BCUT2D eigenvalue weighted by Gasteiger charge is -2.28. The third-order valence-corrected chi connectivity index (χ3v) is 4.76. The molecule has 0 radical (unpaired) electrons. The number of carbonyl (C=O) groups is 1. The van der Waals surface area contributed by atoms with Gasteiger partial charge in [0.05, 0.1) is 17.3 Å². The first-order chi connectivity index (χ1) is 9.98. The molecule has 1 saturated heterocycles. The van der Waals surface area contributed by atoms with Crippen molar-refractivity contribution in [1.29, 1.82) is 0 Å². The molecule has 21 heavy (non-hydrogen) atoms. The number of carbonyl (C=O) groups excluding carboxylic acids is 1. The van der Waals surface area contributed by atoms with E-state index in [1.165, 1.54) is 0 Å². The van der Waals surface area contributed by atoms with E-state index in [1.54, 1.807) is 4.90 Å². The van der Waals surface area contributed by atoms with E-state index in [0.717, 1.165) is 37.1 Å². The number of likely N-dealkylation sites (tertiary alicyclic amines) is 1. The number of amides is 1. The fraction of sp³-hybridized carbons (Fsp3) is 0.733. The van der Waals surface area contributed by atoms with Crippen LogP contribution in [0.1, 0.15) is 37.1 Å². The van der Waals surface area contributed by atoms with Crippen LogP contribution in [0.3, 0.4) is 0 Å². The second-order valence-corrected chi connectivity index (χ2v) is 6.54. The predicted molar refractivity (Wildman–Crippen MR) is 76.4 cm³/mol. The summed E-state index contributed by atoms with van der Waals surface area (Å²) in [6, 6.07) is 1.87. The van der Waals surface area contributed by atoms with Crippen molar-refractivity contribution < 1.29 is 14.4 Å². The number of nitrogens with zero attached hydrogens (tertiary/aromatic N) is 2. The minimum Gasteiger partial charge on any atom is -0.391 e. The van der Waals surface area contributed by atoms with E-state index >= 15 is 0 Å². The quantitative estimate of drug-likeness (QED) is 0.852. The SMILES string of the molecule is Cc1cc(C[C@@H]2CN(C(=O)C3(N)CCCC3)C[C@H]2O)on1. The Labute approximate surface area is 124 Å². The zero-order chi connectivity index (χ0) is 15.0. The van der Waals surface area contributed by atoms with Crippen LogP contribution in [0.5, 0.6) is 0 Å². The van der Waals surface area contributed by atoms with Gasteiger partial charge in [-0.25, -0.2) is 0 Å². The van der Waals surface area contributed by atoms with Crippen LogP contribution in [0.2, 0.25) is 0 Å². The van der Waals surface area contributed by atoms with E-state index in [-0.39, 0.29) is 11.8 Å². The highest BCUT2D eigenvalue weighted by Crippen LogP contribution is 2.31. The number of β-amino-alcohol motifs (C(OH)–C–C–N with tert-alkyl or cyclic N) is 1. The maximum Gasteiger partial charge on any atom is 0.242 e. The van der Waals surface area contributed by atoms with Crippen molar-refractivity contribution in [2.75, 3.05) is 13.1 Å². The number of hydrogen-bond acceptors (Lipinski definition) is 5. The third-order valence-electron chi connectivity index (χ3n) is 4.76. The summed E-state index contributed by atoms with van der Waals surface area (Å²) in [6.07, 6.45) is 3.61. The molecule has 1 aliphatic carbocycles. The molecule has 116 valence electrons. The van der Waals surface area contributed by atoms with Gasteiger partial charge >= 0.3 is 0 Å². The highest BCUT2D eigenvalue weighted by Gasteiger charge is 2.44. The maximum atomic E-state index is 12.6. The Morgan fingerprint density at radius 2 is 2.24 bits per heavy atom. The van der Waals surface area contributed by atoms with Gasteiger partial charge in [0.2, 0.25) is 5.91 Å². The molecule has 3 rings (SSSR count). The summed E-state index contributed by atoms with van der Waals surface area (Å²) in [5.41, 5.74) is 6.35. The number of nitrogens with two attached hydrogens (primary N) is 1. The zero-order valence-corrected chi connectivity index (χ0v) is 12.4. The highest BCUT2D eigenvalue weighted by molar-refractivity contribution is 5.86. The van der Waals surface area contributed by atoms with Crippen LogP contribution in [-0.2, 0) is 11.2 Å². The fourth-order valence-corrected chi connectivity index (χ4v) is 3.53. The molecule has 0 bridgehead atoms. The van der Waals surface area contributed by atoms with Crippen LogP contribution >= 0.6 is 0 Å². The topological polar surface area (TPSA) is 92.6 Å². The molecule has 1 saturated carbocycles. The Hall–Kier alpha value is -1.40. The molecule has 2 heterocycles. The second kappa shape index (κ2) is 5.42. The van der Waals surface area contributed by atoms with Crippen LogP contribution in [0.25, 0.3) is 0 Å². The number of rotatable bonds is 3. The van der Waals surface area contributed by atoms with E-state index < -0.39 is 11.6 Å². The Morgan fingerprint density at radius 1 is 1.52 bits per heavy atom. The molecule has 1 amide bonds. The van der Waals surface area contributed by atoms with Crippen molar-refractivity contribution in [3.63, 3.8) is 0 Å². The number of aliphatic hydroxyl groups is 1. The van der Waals surface area contributed by atoms with E-state index in [0.29, 0.717) is 19.5 Å². The molecule has 6 nitrogen and oxygen atoms in total. The first-order valence-corrected chi connectivity index (χ1v) is 7.66. The average molecular weight is 293 g/mol. The highest BCUT2D eigenvalue weighted by atomic mass is 16.5. The van der Waals surface area contributed by atoms with Crippen molar-refractivity contribution in [3.05, 3.63) is 17.5 Å². The van der Waals surface area contributed by atoms with Crippen LogP contribution in [0.4, 0.5) is 0 Å². The Kier molecular flexibility index (Phi) is 3.75. The Balaban J connectivity index is 1.64. The lowest BCUT2D eigenvalue weighted by atomic mass is 9.97. The minimum absolute atomic E-state index is 0.00435. The molecular weight excluding hydrogens is 270 g/mol. The molecule has 0 unspecified atom stereocenters. The van der Waals surface area contributed by atoms with Crippen molar-refractivity contribution in [2.45, 2.75) is 50.7 Å². The van der Waals surface area contributed by atoms with E-state index in [9.17, 15) is 9.90 Å². The molecule has 1 aromatic rings. The third kappa shape index (κ3) is 2.82. The van der Waals surface area contributed by atoms with E-state index in [4.69, 9.17) is 10.3 Å². The molecule has 0 aromatic carbocycles. The summed E-state index contributed by atoms with van der Waals surface area (Å²) in [4.78, 5) is 14.3. The zero-order valence-electron chi connectivity index (χ0n) is 12.4. The van der Waals surface area contributed by atoms with Gasteiger partial charge in [0.1, 0.15) is 5.76 Å². The molecule has 2 fully saturated rings. The summed E-state index contributed by atoms with van der Waals surface area (Å²) in [5, 5.41) is 14.1. The average Bonchev–Trinajstić information content (AvgIpc) is 3.13. The van der Waals surface area contributed by atoms with Crippen molar-refractivity contribution in [2.24, 2.45) is 11.7 Å². The van der Waals surface area contributed by atoms with Gasteiger partial charge in [-0.15, -0.1) is 0 Å². The van der Waals surface area contributed by atoms with Crippen molar-refractivity contribution in [1.82, 2.24) is 10.1 Å². The number of aliphatic hydroxyl groups excluding tert-OH is 1. The fourth-order valence-electron chi connectivity index (χ4n) is 3.53. The van der Waals surface area contributed by atoms with Gasteiger partial charge in [-0.3, -0.25) is 4.79 Å². The predicted octanol–water partition coefficient (Wildman–Crippen LogP) is 0.616. The molecule has 1 aliphatic heterocycles. The van der Waals surface area contributed by atoms with Crippen LogP contribution in [0.15, 0.2) is 10.6 Å². The van der Waals surface area contributed by atoms with Crippen LogP contribution in [0, 0.1) is 12.8 Å². The summed E-state index contributed by atoms with van der Waals surface area (Å²) < 4.78 is 5.20. The van der Waals surface area contributed by atoms with Gasteiger partial charge < -0.3 is 20.3 Å². The van der Waals surface area contributed by atoms with E-state index in [1.807, 2.05) is 13.0 Å². The van der Waals surface area contributed by atoms with Gasteiger partial charge in [-0.1, -0.05) is 18.0 Å². The number of aryl methyl sites for hydroxylation is 1. The molecule has 2 aliphatic rings. The minimum atomic E-state index is -0.711. The first kappa shape index (κ1) is 14.5. The lowest BCUT2D eigenvalue weighted by molar-refractivity contribution is -0.136. The molecule has 1 aromatic heterocycles. The second-order valence-electron chi connectivity index (χ2n) is 6.54. The largest absolute Gasteiger partial charge is 0.391 e. The Morgan fingerprint density at radius 3 is 2.86 bits per heavy atom. The molecule has 3 N–H and O–H groups in total. The summed E-state index contributed by atoms with van der Waals surface area (Å²) in [6.45, 7) is 2.78. The maximum absolute atomic E-state index is 12.6. The summed E-state index contributed by atoms with van der Waals surface area (Å²) in [7, 11) is 0. The number of aromatic nitrogens is 1. The molecular formula is C15H23N3O3. The summed E-state index contributed by atoms with van der Waals surface area (Å²) in [5.74, 6) is 0.746. The van der Waals surface area contributed by atoms with Gasteiger partial charge in [0.25, 0.3) is 0 Å². The number of hydrogen-bond donors (Lipinski definition) is 2. The first-order valence-electron chi connectivity index (χ1n) is 7.66. The summed E-state index contributed by atoms with van der Waals surface area (Å²) >= 11 is 0. The van der Waals surface area contributed by atoms with Crippen molar-refractivity contribution >= 4 is 5.91 Å². The monoisotopic (exact) mass is 293 g/mol. The van der Waals surface area contributed by atoms with Gasteiger partial charge in [0, 0.05) is 31.5 Å². The Bertz CT molecular complexity index is 522. The molecule has 0 spiro atoms. The van der Waals surface area contributed by atoms with Crippen LogP contribution in [-0.4, -0.2) is 45.8 Å². The normalized spacial score (nSPS) is 28.2.